The number of alkyl carbamates (subject to hydrolysis) is 1. The van der Waals surface area contributed by atoms with Gasteiger partial charge in [-0.2, -0.15) is 0 Å². The summed E-state index contributed by atoms with van der Waals surface area (Å²) in [7, 11) is 0. The van der Waals surface area contributed by atoms with Crippen LogP contribution in [0.25, 0.3) is 10.9 Å². The van der Waals surface area contributed by atoms with Gasteiger partial charge in [0.2, 0.25) is 0 Å². The van der Waals surface area contributed by atoms with Gasteiger partial charge in [0.15, 0.2) is 5.96 Å². The lowest BCUT2D eigenvalue weighted by Gasteiger charge is -2.19. The van der Waals surface area contributed by atoms with Crippen molar-refractivity contribution in [1.29, 1.82) is 0 Å². The van der Waals surface area contributed by atoms with E-state index in [0.717, 1.165) is 35.4 Å². The summed E-state index contributed by atoms with van der Waals surface area (Å²) in [5.41, 5.74) is 1.44. The maximum atomic E-state index is 13.3. The van der Waals surface area contributed by atoms with Crippen LogP contribution in [0.15, 0.2) is 29.4 Å². The Morgan fingerprint density at radius 3 is 2.72 bits per heavy atom. The number of halogens is 1. The number of carbonyl (C=O) groups excluding carboxylic acids is 1. The van der Waals surface area contributed by atoms with E-state index in [0.29, 0.717) is 26.1 Å². The highest BCUT2D eigenvalue weighted by Crippen LogP contribution is 2.19. The molecule has 0 unspecified atom stereocenters. The summed E-state index contributed by atoms with van der Waals surface area (Å²) in [6, 6.07) is 4.78. The number of fused-ring (bicyclic) bond motifs is 1. The standard InChI is InChI=1S/C21H32FN5O2/c1-5-23-19(24-10-6-11-26-20(28)29-21(2,3)4)25-12-9-15-14-27-18-13-16(22)7-8-17(15)18/h7-8,13-14,27H,5-6,9-12H2,1-4H3,(H,26,28)(H2,23,24,25). The molecule has 29 heavy (non-hydrogen) atoms. The van der Waals surface area contributed by atoms with E-state index in [1.54, 1.807) is 6.07 Å². The maximum absolute atomic E-state index is 13.3. The van der Waals surface area contributed by atoms with Crippen molar-refractivity contribution in [1.82, 2.24) is 20.9 Å². The molecule has 1 heterocycles. The highest BCUT2D eigenvalue weighted by atomic mass is 19.1. The topological polar surface area (TPSA) is 90.5 Å². The second kappa shape index (κ2) is 10.7. The van der Waals surface area contributed by atoms with Gasteiger partial charge >= 0.3 is 6.09 Å². The average molecular weight is 406 g/mol. The molecule has 4 N–H and O–H groups in total. The van der Waals surface area contributed by atoms with Crippen LogP contribution < -0.4 is 16.0 Å². The van der Waals surface area contributed by atoms with Crippen molar-refractivity contribution in [3.05, 3.63) is 35.8 Å². The molecule has 1 aromatic heterocycles. The minimum absolute atomic E-state index is 0.244. The van der Waals surface area contributed by atoms with Gasteiger partial charge in [0, 0.05) is 43.3 Å². The van der Waals surface area contributed by atoms with Gasteiger partial charge in [0.05, 0.1) is 0 Å². The van der Waals surface area contributed by atoms with Gasteiger partial charge in [0.25, 0.3) is 0 Å². The molecule has 0 fully saturated rings. The van der Waals surface area contributed by atoms with Gasteiger partial charge in [0.1, 0.15) is 11.4 Å². The Kier molecular flexibility index (Phi) is 8.30. The number of rotatable bonds is 8. The number of aromatic amines is 1. The highest BCUT2D eigenvalue weighted by molar-refractivity contribution is 5.83. The van der Waals surface area contributed by atoms with Crippen LogP contribution in [0.1, 0.15) is 39.7 Å². The molecule has 0 saturated carbocycles. The van der Waals surface area contributed by atoms with Gasteiger partial charge in [-0.15, -0.1) is 0 Å². The van der Waals surface area contributed by atoms with E-state index in [4.69, 9.17) is 4.74 Å². The zero-order valence-corrected chi connectivity index (χ0v) is 17.7. The SMILES string of the molecule is CCNC(=NCCCNC(=O)OC(C)(C)C)NCCc1c[nH]c2cc(F)ccc12. The number of benzene rings is 1. The molecule has 7 nitrogen and oxygen atoms in total. The Bertz CT molecular complexity index is 826. The predicted molar refractivity (Wildman–Crippen MR) is 115 cm³/mol. The molecule has 1 amide bonds. The Balaban J connectivity index is 1.75. The zero-order chi connectivity index (χ0) is 21.3. The third-order valence-electron chi connectivity index (χ3n) is 4.03. The second-order valence-electron chi connectivity index (χ2n) is 7.72. The number of nitrogens with one attached hydrogen (secondary N) is 4. The van der Waals surface area contributed by atoms with Gasteiger partial charge < -0.3 is 25.7 Å². The molecule has 0 aliphatic rings. The molecule has 0 bridgehead atoms. The third kappa shape index (κ3) is 8.01. The quantitative estimate of drug-likeness (QED) is 0.308. The van der Waals surface area contributed by atoms with Crippen molar-refractivity contribution in [2.45, 2.75) is 46.1 Å². The molecule has 8 heteroatoms. The molecule has 0 atom stereocenters. The van der Waals surface area contributed by atoms with E-state index in [-0.39, 0.29) is 5.82 Å². The number of hydrogen-bond acceptors (Lipinski definition) is 3. The van der Waals surface area contributed by atoms with Gasteiger partial charge in [-0.25, -0.2) is 9.18 Å². The number of nitrogens with zero attached hydrogens (tertiary/aromatic N) is 1. The molecule has 0 saturated heterocycles. The zero-order valence-electron chi connectivity index (χ0n) is 17.7. The van der Waals surface area contributed by atoms with E-state index in [2.05, 4.69) is 25.9 Å². The normalized spacial score (nSPS) is 12.1. The molecular formula is C21H32FN5O2. The summed E-state index contributed by atoms with van der Waals surface area (Å²) in [6.07, 6.45) is 3.00. The first-order valence-electron chi connectivity index (χ1n) is 10.0. The Hall–Kier alpha value is -2.77. The minimum Gasteiger partial charge on any atom is -0.444 e. The van der Waals surface area contributed by atoms with Crippen LogP contribution in [0, 0.1) is 5.82 Å². The smallest absolute Gasteiger partial charge is 0.407 e. The van der Waals surface area contributed by atoms with Crippen molar-refractivity contribution in [2.24, 2.45) is 4.99 Å². The lowest BCUT2D eigenvalue weighted by atomic mass is 10.1. The molecular weight excluding hydrogens is 373 g/mol. The molecule has 0 radical (unpaired) electrons. The summed E-state index contributed by atoms with van der Waals surface area (Å²) in [6.45, 7) is 10.1. The van der Waals surface area contributed by atoms with E-state index >= 15 is 0 Å². The highest BCUT2D eigenvalue weighted by Gasteiger charge is 2.15. The number of aromatic nitrogens is 1. The third-order valence-corrected chi connectivity index (χ3v) is 4.03. The lowest BCUT2D eigenvalue weighted by Crippen LogP contribution is -2.38. The van der Waals surface area contributed by atoms with Gasteiger partial charge in [-0.1, -0.05) is 0 Å². The van der Waals surface area contributed by atoms with E-state index in [1.807, 2.05) is 33.9 Å². The molecule has 0 spiro atoms. The summed E-state index contributed by atoms with van der Waals surface area (Å²) >= 11 is 0. The van der Waals surface area contributed by atoms with E-state index in [1.165, 1.54) is 12.1 Å². The number of guanidine groups is 1. The van der Waals surface area contributed by atoms with Gasteiger partial charge in [-0.05, 0) is 64.3 Å². The van der Waals surface area contributed by atoms with Crippen LogP contribution in [0.5, 0.6) is 0 Å². The van der Waals surface area contributed by atoms with E-state index in [9.17, 15) is 9.18 Å². The van der Waals surface area contributed by atoms with Crippen LogP contribution in [-0.2, 0) is 11.2 Å². The predicted octanol–water partition coefficient (Wildman–Crippen LogP) is 3.32. The van der Waals surface area contributed by atoms with Crippen molar-refractivity contribution < 1.29 is 13.9 Å². The molecule has 2 aromatic rings. The van der Waals surface area contributed by atoms with Crippen molar-refractivity contribution >= 4 is 23.0 Å². The number of amides is 1. The van der Waals surface area contributed by atoms with Crippen LogP contribution in [0.2, 0.25) is 0 Å². The van der Waals surface area contributed by atoms with Crippen molar-refractivity contribution in [3.8, 4) is 0 Å². The van der Waals surface area contributed by atoms with Crippen LogP contribution in [-0.4, -0.2) is 48.8 Å². The van der Waals surface area contributed by atoms with Crippen LogP contribution in [0.3, 0.4) is 0 Å². The fraction of sp³-hybridized carbons (Fsp3) is 0.524. The summed E-state index contributed by atoms with van der Waals surface area (Å²) in [5, 5.41) is 10.3. The van der Waals surface area contributed by atoms with Crippen molar-refractivity contribution in [3.63, 3.8) is 0 Å². The van der Waals surface area contributed by atoms with Gasteiger partial charge in [-0.3, -0.25) is 4.99 Å². The fourth-order valence-corrected chi connectivity index (χ4v) is 2.80. The monoisotopic (exact) mass is 405 g/mol. The minimum atomic E-state index is -0.497. The summed E-state index contributed by atoms with van der Waals surface area (Å²) < 4.78 is 18.5. The first-order chi connectivity index (χ1) is 13.8. The lowest BCUT2D eigenvalue weighted by molar-refractivity contribution is 0.0527. The fourth-order valence-electron chi connectivity index (χ4n) is 2.80. The Morgan fingerprint density at radius 2 is 2.00 bits per heavy atom. The second-order valence-corrected chi connectivity index (χ2v) is 7.72. The Labute approximate surface area is 171 Å². The molecule has 0 aliphatic carbocycles. The molecule has 0 aliphatic heterocycles. The maximum Gasteiger partial charge on any atom is 0.407 e. The summed E-state index contributed by atoms with van der Waals surface area (Å²) in [5.74, 6) is 0.488. The largest absolute Gasteiger partial charge is 0.444 e. The average Bonchev–Trinajstić information content (AvgIpc) is 3.02. The van der Waals surface area contributed by atoms with Crippen LogP contribution >= 0.6 is 0 Å². The number of carbonyl (C=O) groups is 1. The van der Waals surface area contributed by atoms with Crippen LogP contribution in [0.4, 0.5) is 9.18 Å². The summed E-state index contributed by atoms with van der Waals surface area (Å²) in [4.78, 5) is 19.2. The van der Waals surface area contributed by atoms with E-state index < -0.39 is 11.7 Å². The van der Waals surface area contributed by atoms with Crippen molar-refractivity contribution in [2.75, 3.05) is 26.2 Å². The first kappa shape index (κ1) is 22.5. The molecule has 2 rings (SSSR count). The first-order valence-corrected chi connectivity index (χ1v) is 10.0. The number of aliphatic imine (C=N–C) groups is 1. The number of hydrogen-bond donors (Lipinski definition) is 4. The molecule has 160 valence electrons. The molecule has 1 aromatic carbocycles. The number of H-pyrrole nitrogens is 1. The Morgan fingerprint density at radius 1 is 1.21 bits per heavy atom. The number of ether oxygens (including phenoxy) is 1.